The van der Waals surface area contributed by atoms with Crippen molar-refractivity contribution in [2.45, 2.75) is 25.4 Å². The number of carbonyl (C=O) groups excluding carboxylic acids is 1. The van der Waals surface area contributed by atoms with Crippen LogP contribution in [0.1, 0.15) is 29.6 Å². The van der Waals surface area contributed by atoms with E-state index in [0.29, 0.717) is 36.0 Å². The summed E-state index contributed by atoms with van der Waals surface area (Å²) in [5, 5.41) is 3.22. The van der Waals surface area contributed by atoms with Crippen LogP contribution in [-0.2, 0) is 9.47 Å². The second-order valence-electron chi connectivity index (χ2n) is 5.06. The molecule has 1 aromatic carbocycles. The molecule has 1 aliphatic heterocycles. The van der Waals surface area contributed by atoms with Gasteiger partial charge in [0.05, 0.1) is 23.4 Å². The lowest BCUT2D eigenvalue weighted by Crippen LogP contribution is -2.25. The van der Waals surface area contributed by atoms with Crippen LogP contribution < -0.4 is 11.1 Å². The van der Waals surface area contributed by atoms with E-state index in [4.69, 9.17) is 26.8 Å². The molecule has 3 N–H and O–H groups in total. The van der Waals surface area contributed by atoms with Crippen LogP contribution in [0.2, 0.25) is 5.02 Å². The Morgan fingerprint density at radius 2 is 2.38 bits per heavy atom. The van der Waals surface area contributed by atoms with E-state index in [-0.39, 0.29) is 12.0 Å². The molecule has 116 valence electrons. The summed E-state index contributed by atoms with van der Waals surface area (Å²) < 4.78 is 11.0. The van der Waals surface area contributed by atoms with Gasteiger partial charge in [0, 0.05) is 25.3 Å². The average molecular weight is 313 g/mol. The number of ether oxygens (including phenoxy) is 2. The molecule has 0 radical (unpaired) electrons. The van der Waals surface area contributed by atoms with Gasteiger partial charge in [-0.3, -0.25) is 4.79 Å². The standard InChI is InChI=1S/C15H21ClN2O3/c16-13-9-11(4-5-14(13)17)15(19)18-6-2-7-20-10-12-3-1-8-21-12/h4-5,9,12H,1-3,6-8,10,17H2,(H,18,19). The van der Waals surface area contributed by atoms with Crippen LogP contribution in [0.3, 0.4) is 0 Å². The largest absolute Gasteiger partial charge is 0.398 e. The van der Waals surface area contributed by atoms with E-state index in [1.165, 1.54) is 0 Å². The first-order chi connectivity index (χ1) is 10.2. The normalized spacial score (nSPS) is 17.9. The minimum absolute atomic E-state index is 0.156. The summed E-state index contributed by atoms with van der Waals surface area (Å²) in [7, 11) is 0. The second-order valence-corrected chi connectivity index (χ2v) is 5.46. The van der Waals surface area contributed by atoms with E-state index in [0.717, 1.165) is 25.9 Å². The summed E-state index contributed by atoms with van der Waals surface area (Å²) in [6.45, 7) is 2.66. The van der Waals surface area contributed by atoms with Gasteiger partial charge in [0.25, 0.3) is 5.91 Å². The van der Waals surface area contributed by atoms with E-state index < -0.39 is 0 Å². The molecule has 2 rings (SSSR count). The molecule has 0 spiro atoms. The predicted octanol–water partition coefficient (Wildman–Crippen LogP) is 2.24. The van der Waals surface area contributed by atoms with Crippen LogP contribution in [0.15, 0.2) is 18.2 Å². The number of carbonyl (C=O) groups is 1. The lowest BCUT2D eigenvalue weighted by Gasteiger charge is -2.10. The van der Waals surface area contributed by atoms with Gasteiger partial charge in [0.2, 0.25) is 0 Å². The van der Waals surface area contributed by atoms with Gasteiger partial charge in [0.1, 0.15) is 0 Å². The van der Waals surface area contributed by atoms with Crippen molar-refractivity contribution < 1.29 is 14.3 Å². The third kappa shape index (κ3) is 5.19. The highest BCUT2D eigenvalue weighted by Crippen LogP contribution is 2.19. The van der Waals surface area contributed by atoms with Crippen LogP contribution in [0.25, 0.3) is 0 Å². The highest BCUT2D eigenvalue weighted by Gasteiger charge is 2.15. The smallest absolute Gasteiger partial charge is 0.251 e. The molecule has 1 saturated heterocycles. The van der Waals surface area contributed by atoms with Crippen LogP contribution >= 0.6 is 11.6 Å². The second kappa shape index (κ2) is 8.22. The maximum atomic E-state index is 11.9. The monoisotopic (exact) mass is 312 g/mol. The highest BCUT2D eigenvalue weighted by molar-refractivity contribution is 6.33. The molecule has 1 atom stereocenters. The number of nitrogen functional groups attached to an aromatic ring is 1. The van der Waals surface area contributed by atoms with Gasteiger partial charge >= 0.3 is 0 Å². The number of benzene rings is 1. The summed E-state index contributed by atoms with van der Waals surface area (Å²) in [6.07, 6.45) is 3.21. The molecule has 1 fully saturated rings. The summed E-state index contributed by atoms with van der Waals surface area (Å²) in [5.41, 5.74) is 6.58. The number of hydrogen-bond acceptors (Lipinski definition) is 4. The van der Waals surface area contributed by atoms with Crippen LogP contribution in [-0.4, -0.2) is 38.4 Å². The van der Waals surface area contributed by atoms with Gasteiger partial charge in [-0.05, 0) is 37.5 Å². The zero-order chi connectivity index (χ0) is 15.1. The van der Waals surface area contributed by atoms with Crippen molar-refractivity contribution >= 4 is 23.2 Å². The zero-order valence-electron chi connectivity index (χ0n) is 11.9. The van der Waals surface area contributed by atoms with E-state index in [9.17, 15) is 4.79 Å². The lowest BCUT2D eigenvalue weighted by molar-refractivity contribution is 0.0166. The number of rotatable bonds is 7. The molecule has 1 unspecified atom stereocenters. The van der Waals surface area contributed by atoms with Crippen molar-refractivity contribution in [3.63, 3.8) is 0 Å². The third-order valence-electron chi connectivity index (χ3n) is 3.34. The molecular formula is C15H21ClN2O3. The van der Waals surface area contributed by atoms with E-state index in [2.05, 4.69) is 5.32 Å². The van der Waals surface area contributed by atoms with Crippen molar-refractivity contribution in [1.82, 2.24) is 5.32 Å². The van der Waals surface area contributed by atoms with Crippen molar-refractivity contribution in [2.75, 3.05) is 32.1 Å². The first kappa shape index (κ1) is 16.1. The summed E-state index contributed by atoms with van der Waals surface area (Å²) in [5.74, 6) is -0.156. The Labute approximate surface area is 129 Å². The van der Waals surface area contributed by atoms with Crippen LogP contribution in [0, 0.1) is 0 Å². The SMILES string of the molecule is Nc1ccc(C(=O)NCCCOCC2CCCO2)cc1Cl. The minimum atomic E-state index is -0.156. The molecule has 1 amide bonds. The molecule has 6 heteroatoms. The van der Waals surface area contributed by atoms with Gasteiger partial charge in [-0.15, -0.1) is 0 Å². The number of nitrogens with two attached hydrogens (primary N) is 1. The summed E-state index contributed by atoms with van der Waals surface area (Å²) in [4.78, 5) is 11.9. The van der Waals surface area contributed by atoms with Gasteiger partial charge in [-0.25, -0.2) is 0 Å². The number of amides is 1. The number of hydrogen-bond donors (Lipinski definition) is 2. The Balaban J connectivity index is 1.59. The zero-order valence-corrected chi connectivity index (χ0v) is 12.7. The van der Waals surface area contributed by atoms with E-state index >= 15 is 0 Å². The first-order valence-electron chi connectivity index (χ1n) is 7.19. The van der Waals surface area contributed by atoms with Gasteiger partial charge in [-0.2, -0.15) is 0 Å². The van der Waals surface area contributed by atoms with E-state index in [1.54, 1.807) is 18.2 Å². The van der Waals surface area contributed by atoms with Gasteiger partial charge < -0.3 is 20.5 Å². The molecule has 1 heterocycles. The van der Waals surface area contributed by atoms with E-state index in [1.807, 2.05) is 0 Å². The fourth-order valence-electron chi connectivity index (χ4n) is 2.14. The molecule has 0 aromatic heterocycles. The molecule has 0 saturated carbocycles. The number of anilines is 1. The molecule has 1 aliphatic rings. The maximum absolute atomic E-state index is 11.9. The van der Waals surface area contributed by atoms with Crippen LogP contribution in [0.5, 0.6) is 0 Å². The fraction of sp³-hybridized carbons (Fsp3) is 0.533. The topological polar surface area (TPSA) is 73.6 Å². The fourth-order valence-corrected chi connectivity index (χ4v) is 2.32. The molecule has 5 nitrogen and oxygen atoms in total. The number of halogens is 1. The Hall–Kier alpha value is -1.30. The molecular weight excluding hydrogens is 292 g/mol. The molecule has 21 heavy (non-hydrogen) atoms. The quantitative estimate of drug-likeness (QED) is 0.598. The third-order valence-corrected chi connectivity index (χ3v) is 3.67. The molecule has 0 bridgehead atoms. The van der Waals surface area contributed by atoms with Crippen molar-refractivity contribution in [3.8, 4) is 0 Å². The molecule has 0 aliphatic carbocycles. The van der Waals surface area contributed by atoms with Gasteiger partial charge in [-0.1, -0.05) is 11.6 Å². The summed E-state index contributed by atoms with van der Waals surface area (Å²) >= 11 is 5.89. The maximum Gasteiger partial charge on any atom is 0.251 e. The van der Waals surface area contributed by atoms with Gasteiger partial charge in [0.15, 0.2) is 0 Å². The number of nitrogens with one attached hydrogen (secondary N) is 1. The highest BCUT2D eigenvalue weighted by atomic mass is 35.5. The van der Waals surface area contributed by atoms with Crippen molar-refractivity contribution in [2.24, 2.45) is 0 Å². The Morgan fingerprint density at radius 1 is 1.52 bits per heavy atom. The average Bonchev–Trinajstić information content (AvgIpc) is 2.98. The summed E-state index contributed by atoms with van der Waals surface area (Å²) in [6, 6.07) is 4.85. The predicted molar refractivity (Wildman–Crippen MR) is 82.6 cm³/mol. The lowest BCUT2D eigenvalue weighted by atomic mass is 10.2. The Kier molecular flexibility index (Phi) is 6.29. The Bertz CT molecular complexity index is 476. The molecule has 1 aromatic rings. The first-order valence-corrected chi connectivity index (χ1v) is 7.57. The van der Waals surface area contributed by atoms with Crippen molar-refractivity contribution in [1.29, 1.82) is 0 Å². The minimum Gasteiger partial charge on any atom is -0.398 e. The van der Waals surface area contributed by atoms with Crippen LogP contribution in [0.4, 0.5) is 5.69 Å². The van der Waals surface area contributed by atoms with Crippen molar-refractivity contribution in [3.05, 3.63) is 28.8 Å². The Morgan fingerprint density at radius 3 is 3.10 bits per heavy atom.